The van der Waals surface area contributed by atoms with E-state index in [2.05, 4.69) is 10.3 Å². The van der Waals surface area contributed by atoms with E-state index in [9.17, 15) is 14.9 Å². The van der Waals surface area contributed by atoms with Crippen LogP contribution < -0.4 is 10.2 Å². The molecule has 102 valence electrons. The van der Waals surface area contributed by atoms with Crippen molar-refractivity contribution in [3.05, 3.63) is 22.4 Å². The van der Waals surface area contributed by atoms with E-state index in [1.165, 1.54) is 13.0 Å². The molecule has 0 spiro atoms. The van der Waals surface area contributed by atoms with Crippen LogP contribution in [0.5, 0.6) is 0 Å². The molecule has 0 radical (unpaired) electrons. The summed E-state index contributed by atoms with van der Waals surface area (Å²) in [5, 5.41) is 13.4. The molecule has 1 saturated heterocycles. The van der Waals surface area contributed by atoms with Crippen molar-refractivity contribution in [1.29, 1.82) is 0 Å². The zero-order valence-corrected chi connectivity index (χ0v) is 10.5. The van der Waals surface area contributed by atoms with Crippen molar-refractivity contribution in [3.8, 4) is 0 Å². The lowest BCUT2D eigenvalue weighted by Gasteiger charge is -2.29. The minimum Gasteiger partial charge on any atom is -0.378 e. The van der Waals surface area contributed by atoms with E-state index in [4.69, 9.17) is 4.74 Å². The van der Waals surface area contributed by atoms with E-state index in [0.29, 0.717) is 37.8 Å². The maximum atomic E-state index is 11.1. The van der Waals surface area contributed by atoms with E-state index in [1.54, 1.807) is 0 Å². The number of anilines is 2. The van der Waals surface area contributed by atoms with Crippen LogP contribution in [0.15, 0.2) is 12.3 Å². The van der Waals surface area contributed by atoms with E-state index in [-0.39, 0.29) is 11.6 Å². The average molecular weight is 266 g/mol. The van der Waals surface area contributed by atoms with Crippen LogP contribution in [-0.2, 0) is 9.53 Å². The van der Waals surface area contributed by atoms with Gasteiger partial charge in [0.25, 0.3) is 5.69 Å². The summed E-state index contributed by atoms with van der Waals surface area (Å²) in [4.78, 5) is 27.3. The number of aromatic nitrogens is 1. The number of ether oxygens (including phenoxy) is 1. The Morgan fingerprint density at radius 2 is 2.21 bits per heavy atom. The molecule has 8 nitrogen and oxygen atoms in total. The zero-order chi connectivity index (χ0) is 13.8. The molecule has 1 aliphatic rings. The molecule has 0 saturated carbocycles. The number of hydrogen-bond donors (Lipinski definition) is 1. The van der Waals surface area contributed by atoms with Crippen molar-refractivity contribution in [2.75, 3.05) is 36.5 Å². The highest BCUT2D eigenvalue weighted by Crippen LogP contribution is 2.28. The minimum absolute atomic E-state index is 0.101. The molecule has 2 heterocycles. The number of nitrogens with one attached hydrogen (secondary N) is 1. The van der Waals surface area contributed by atoms with Gasteiger partial charge in [-0.05, 0) is 0 Å². The highest BCUT2D eigenvalue weighted by molar-refractivity contribution is 5.91. The van der Waals surface area contributed by atoms with Gasteiger partial charge in [0.15, 0.2) is 5.82 Å². The fourth-order valence-corrected chi connectivity index (χ4v) is 1.85. The fraction of sp³-hybridized carbons (Fsp3) is 0.455. The highest BCUT2D eigenvalue weighted by Gasteiger charge is 2.20. The summed E-state index contributed by atoms with van der Waals surface area (Å²) in [7, 11) is 0. The molecule has 1 fully saturated rings. The standard InChI is InChI=1S/C11H14N4O4/c1-8(16)13-11-10(14-2-4-19-5-3-14)6-9(7-12-11)15(17)18/h6-7H,2-5H2,1H3,(H,12,13,16). The summed E-state index contributed by atoms with van der Waals surface area (Å²) in [5.74, 6) is 0.0656. The quantitative estimate of drug-likeness (QED) is 0.641. The van der Waals surface area contributed by atoms with Gasteiger partial charge in [-0.1, -0.05) is 0 Å². The topological polar surface area (TPSA) is 97.6 Å². The maximum Gasteiger partial charge on any atom is 0.289 e. The second-order valence-electron chi connectivity index (χ2n) is 4.10. The van der Waals surface area contributed by atoms with Gasteiger partial charge in [0.2, 0.25) is 5.91 Å². The second kappa shape index (κ2) is 5.61. The molecule has 1 amide bonds. The lowest BCUT2D eigenvalue weighted by atomic mass is 10.3. The predicted octanol–water partition coefficient (Wildman–Crippen LogP) is 0.785. The van der Waals surface area contributed by atoms with Crippen LogP contribution in [0.3, 0.4) is 0 Å². The van der Waals surface area contributed by atoms with E-state index >= 15 is 0 Å². The van der Waals surface area contributed by atoms with Crippen LogP contribution in [0.1, 0.15) is 6.92 Å². The van der Waals surface area contributed by atoms with E-state index in [1.807, 2.05) is 4.90 Å². The van der Waals surface area contributed by atoms with Crippen molar-refractivity contribution in [3.63, 3.8) is 0 Å². The average Bonchev–Trinajstić information content (AvgIpc) is 2.39. The Kier molecular flexibility index (Phi) is 3.91. The minimum atomic E-state index is -0.505. The largest absolute Gasteiger partial charge is 0.378 e. The number of nitro groups is 1. The van der Waals surface area contributed by atoms with Crippen molar-refractivity contribution in [1.82, 2.24) is 4.98 Å². The molecule has 1 aromatic heterocycles. The summed E-state index contributed by atoms with van der Waals surface area (Å²) in [6.07, 6.45) is 1.13. The molecule has 19 heavy (non-hydrogen) atoms. The Labute approximate surface area is 109 Å². The van der Waals surface area contributed by atoms with Crippen LogP contribution >= 0.6 is 0 Å². The summed E-state index contributed by atoms with van der Waals surface area (Å²) >= 11 is 0. The van der Waals surface area contributed by atoms with Gasteiger partial charge in [-0.3, -0.25) is 14.9 Å². The Morgan fingerprint density at radius 1 is 1.53 bits per heavy atom. The number of hydrogen-bond acceptors (Lipinski definition) is 6. The van der Waals surface area contributed by atoms with Gasteiger partial charge in [-0.15, -0.1) is 0 Å². The van der Waals surface area contributed by atoms with Crippen LogP contribution in [0.2, 0.25) is 0 Å². The Morgan fingerprint density at radius 3 is 2.79 bits per heavy atom. The summed E-state index contributed by atoms with van der Waals surface area (Å²) < 4.78 is 5.24. The molecule has 1 aliphatic heterocycles. The molecular weight excluding hydrogens is 252 g/mol. The number of carbonyl (C=O) groups excluding carboxylic acids is 1. The first-order valence-electron chi connectivity index (χ1n) is 5.82. The predicted molar refractivity (Wildman–Crippen MR) is 68.2 cm³/mol. The van der Waals surface area contributed by atoms with Gasteiger partial charge >= 0.3 is 0 Å². The Hall–Kier alpha value is -2.22. The number of carbonyl (C=O) groups is 1. The third-order valence-corrected chi connectivity index (χ3v) is 2.71. The molecule has 0 bridgehead atoms. The SMILES string of the molecule is CC(=O)Nc1ncc([N+](=O)[O-])cc1N1CCOCC1. The van der Waals surface area contributed by atoms with Crippen LogP contribution in [-0.4, -0.2) is 42.1 Å². The molecule has 0 aliphatic carbocycles. The molecule has 0 atom stereocenters. The van der Waals surface area contributed by atoms with E-state index in [0.717, 1.165) is 6.20 Å². The highest BCUT2D eigenvalue weighted by atomic mass is 16.6. The summed E-state index contributed by atoms with van der Waals surface area (Å²) in [6.45, 7) is 3.67. The van der Waals surface area contributed by atoms with Crippen molar-refractivity contribution >= 4 is 23.1 Å². The molecule has 1 aromatic rings. The second-order valence-corrected chi connectivity index (χ2v) is 4.10. The number of amides is 1. The Bertz CT molecular complexity index is 499. The lowest BCUT2D eigenvalue weighted by Crippen LogP contribution is -2.37. The number of rotatable bonds is 3. The van der Waals surface area contributed by atoms with Gasteiger partial charge in [0.1, 0.15) is 6.20 Å². The smallest absolute Gasteiger partial charge is 0.289 e. The van der Waals surface area contributed by atoms with Gasteiger partial charge in [-0.2, -0.15) is 0 Å². The number of morpholine rings is 1. The number of pyridine rings is 1. The summed E-state index contributed by atoms with van der Waals surface area (Å²) in [5.41, 5.74) is 0.447. The van der Waals surface area contributed by atoms with Crippen molar-refractivity contribution < 1.29 is 14.5 Å². The molecule has 1 N–H and O–H groups in total. The molecule has 8 heteroatoms. The van der Waals surface area contributed by atoms with Crippen LogP contribution in [0, 0.1) is 10.1 Å². The van der Waals surface area contributed by atoms with Gasteiger partial charge in [-0.25, -0.2) is 4.98 Å². The maximum absolute atomic E-state index is 11.1. The van der Waals surface area contributed by atoms with E-state index < -0.39 is 4.92 Å². The molecule has 2 rings (SSSR count). The third kappa shape index (κ3) is 3.16. The molecule has 0 aromatic carbocycles. The van der Waals surface area contributed by atoms with Crippen LogP contribution in [0.25, 0.3) is 0 Å². The molecule has 0 unspecified atom stereocenters. The first-order chi connectivity index (χ1) is 9.08. The van der Waals surface area contributed by atoms with Gasteiger partial charge in [0.05, 0.1) is 23.8 Å². The Balaban J connectivity index is 2.36. The normalized spacial score (nSPS) is 15.1. The monoisotopic (exact) mass is 266 g/mol. The van der Waals surface area contributed by atoms with Gasteiger partial charge < -0.3 is 15.0 Å². The summed E-state index contributed by atoms with van der Waals surface area (Å²) in [6, 6.07) is 1.42. The first kappa shape index (κ1) is 13.2. The lowest BCUT2D eigenvalue weighted by molar-refractivity contribution is -0.385. The van der Waals surface area contributed by atoms with Gasteiger partial charge in [0, 0.05) is 26.1 Å². The van der Waals surface area contributed by atoms with Crippen molar-refractivity contribution in [2.45, 2.75) is 6.92 Å². The molecular formula is C11H14N4O4. The first-order valence-corrected chi connectivity index (χ1v) is 5.82. The van der Waals surface area contributed by atoms with Crippen LogP contribution in [0.4, 0.5) is 17.2 Å². The number of nitrogens with zero attached hydrogens (tertiary/aromatic N) is 3. The fourth-order valence-electron chi connectivity index (χ4n) is 1.85. The zero-order valence-electron chi connectivity index (χ0n) is 10.5. The van der Waals surface area contributed by atoms with Crippen molar-refractivity contribution in [2.24, 2.45) is 0 Å². The third-order valence-electron chi connectivity index (χ3n) is 2.71.